The summed E-state index contributed by atoms with van der Waals surface area (Å²) in [6, 6.07) is 1.39. The lowest BCUT2D eigenvalue weighted by Gasteiger charge is -2.29. The Morgan fingerprint density at radius 1 is 1.38 bits per heavy atom. The molecule has 1 unspecified atom stereocenters. The number of hydrogen-bond acceptors (Lipinski definition) is 4. The van der Waals surface area contributed by atoms with E-state index in [1.165, 1.54) is 6.42 Å². The van der Waals surface area contributed by atoms with Crippen molar-refractivity contribution in [1.29, 1.82) is 0 Å². The van der Waals surface area contributed by atoms with Crippen LogP contribution >= 0.6 is 0 Å². The zero-order valence-electron chi connectivity index (χ0n) is 12.5. The largest absolute Gasteiger partial charge is 0.475 e. The molecular weight excluding hydrogens is 272 g/mol. The van der Waals surface area contributed by atoms with Gasteiger partial charge in [0.2, 0.25) is 11.7 Å². The summed E-state index contributed by atoms with van der Waals surface area (Å²) in [5, 5.41) is 12.0. The molecule has 6 nitrogen and oxygen atoms in total. The van der Waals surface area contributed by atoms with Crippen molar-refractivity contribution in [3.05, 3.63) is 23.2 Å². The topological polar surface area (TPSA) is 82.8 Å². The molecule has 0 bridgehead atoms. The molecule has 0 saturated carbocycles. The van der Waals surface area contributed by atoms with E-state index < -0.39 is 5.97 Å². The molecule has 1 fully saturated rings. The van der Waals surface area contributed by atoms with Crippen molar-refractivity contribution in [2.75, 3.05) is 13.1 Å². The van der Waals surface area contributed by atoms with E-state index >= 15 is 0 Å². The summed E-state index contributed by atoms with van der Waals surface area (Å²) in [6.45, 7) is 5.51. The highest BCUT2D eigenvalue weighted by Crippen LogP contribution is 2.15. The van der Waals surface area contributed by atoms with Gasteiger partial charge in [-0.3, -0.25) is 10.1 Å². The van der Waals surface area contributed by atoms with E-state index in [1.54, 1.807) is 13.0 Å². The van der Waals surface area contributed by atoms with Crippen LogP contribution in [0.2, 0.25) is 0 Å². The zero-order chi connectivity index (χ0) is 15.4. The van der Waals surface area contributed by atoms with Crippen molar-refractivity contribution in [2.45, 2.75) is 45.7 Å². The summed E-state index contributed by atoms with van der Waals surface area (Å²) < 4.78 is 5.26. The number of furan rings is 1. The van der Waals surface area contributed by atoms with Crippen LogP contribution in [0.25, 0.3) is 0 Å². The van der Waals surface area contributed by atoms with Crippen molar-refractivity contribution in [1.82, 2.24) is 10.2 Å². The number of hydrogen-bond donors (Lipinski definition) is 2. The lowest BCUT2D eigenvalue weighted by atomic mass is 10.1. The van der Waals surface area contributed by atoms with Gasteiger partial charge < -0.3 is 14.4 Å². The van der Waals surface area contributed by atoms with Crippen LogP contribution in [0.4, 0.5) is 0 Å². The van der Waals surface area contributed by atoms with Gasteiger partial charge in [-0.05, 0) is 39.2 Å². The van der Waals surface area contributed by atoms with E-state index in [2.05, 4.69) is 5.32 Å². The lowest BCUT2D eigenvalue weighted by molar-refractivity contribution is -0.134. The van der Waals surface area contributed by atoms with Crippen molar-refractivity contribution in [2.24, 2.45) is 0 Å². The Bertz CT molecular complexity index is 518. The normalized spacial score (nSPS) is 16.8. The first kappa shape index (κ1) is 15.6. The Hall–Kier alpha value is -1.82. The molecule has 2 N–H and O–H groups in total. The monoisotopic (exact) mass is 294 g/mol. The van der Waals surface area contributed by atoms with Crippen LogP contribution in [0, 0.1) is 6.92 Å². The van der Waals surface area contributed by atoms with Crippen LogP contribution < -0.4 is 5.32 Å². The fourth-order valence-corrected chi connectivity index (χ4v) is 2.58. The molecule has 1 aromatic rings. The SMILES string of the molecule is Cc1cc(CNC(C)C(=O)N2CCCCC2)oc1C(=O)O. The molecule has 0 aliphatic carbocycles. The Morgan fingerprint density at radius 2 is 2.05 bits per heavy atom. The molecule has 1 amide bonds. The van der Waals surface area contributed by atoms with Crippen LogP contribution in [0.15, 0.2) is 10.5 Å². The molecule has 0 radical (unpaired) electrons. The van der Waals surface area contributed by atoms with E-state index in [0.717, 1.165) is 25.9 Å². The molecule has 2 rings (SSSR count). The van der Waals surface area contributed by atoms with E-state index in [0.29, 0.717) is 17.9 Å². The van der Waals surface area contributed by atoms with E-state index in [4.69, 9.17) is 9.52 Å². The third-order valence-electron chi connectivity index (χ3n) is 3.78. The van der Waals surface area contributed by atoms with E-state index in [1.807, 2.05) is 11.8 Å². The summed E-state index contributed by atoms with van der Waals surface area (Å²) in [7, 11) is 0. The minimum Gasteiger partial charge on any atom is -0.475 e. The van der Waals surface area contributed by atoms with Crippen LogP contribution in [-0.2, 0) is 11.3 Å². The molecule has 2 heterocycles. The number of carbonyl (C=O) groups is 2. The number of carboxylic acids is 1. The van der Waals surface area contributed by atoms with Crippen molar-refractivity contribution in [3.8, 4) is 0 Å². The predicted molar refractivity (Wildman–Crippen MR) is 77.1 cm³/mol. The van der Waals surface area contributed by atoms with Gasteiger partial charge in [-0.25, -0.2) is 4.79 Å². The number of piperidine rings is 1. The van der Waals surface area contributed by atoms with Crippen LogP contribution in [0.5, 0.6) is 0 Å². The second kappa shape index (κ2) is 6.76. The quantitative estimate of drug-likeness (QED) is 0.865. The van der Waals surface area contributed by atoms with Gasteiger partial charge in [0.25, 0.3) is 0 Å². The van der Waals surface area contributed by atoms with Crippen molar-refractivity contribution < 1.29 is 19.1 Å². The second-order valence-electron chi connectivity index (χ2n) is 5.52. The average Bonchev–Trinajstić information content (AvgIpc) is 2.86. The van der Waals surface area contributed by atoms with Crippen molar-refractivity contribution in [3.63, 3.8) is 0 Å². The molecule has 1 saturated heterocycles. The summed E-state index contributed by atoms with van der Waals surface area (Å²) >= 11 is 0. The first-order valence-corrected chi connectivity index (χ1v) is 7.34. The van der Waals surface area contributed by atoms with Gasteiger partial charge in [-0.1, -0.05) is 0 Å². The fraction of sp³-hybridized carbons (Fsp3) is 0.600. The van der Waals surface area contributed by atoms with E-state index in [-0.39, 0.29) is 17.7 Å². The van der Waals surface area contributed by atoms with E-state index in [9.17, 15) is 9.59 Å². The number of rotatable bonds is 5. The first-order chi connectivity index (χ1) is 9.99. The molecule has 21 heavy (non-hydrogen) atoms. The number of carbonyl (C=O) groups excluding carboxylic acids is 1. The molecule has 1 aliphatic heterocycles. The average molecular weight is 294 g/mol. The lowest BCUT2D eigenvalue weighted by Crippen LogP contribution is -2.46. The maximum absolute atomic E-state index is 12.2. The zero-order valence-corrected chi connectivity index (χ0v) is 12.5. The highest BCUT2D eigenvalue weighted by molar-refractivity contribution is 5.86. The van der Waals surface area contributed by atoms with Gasteiger partial charge in [-0.2, -0.15) is 0 Å². The molecular formula is C15H22N2O4. The molecule has 116 valence electrons. The Balaban J connectivity index is 1.88. The molecule has 6 heteroatoms. The Kier molecular flexibility index (Phi) is 5.01. The predicted octanol–water partition coefficient (Wildman–Crippen LogP) is 1.78. The van der Waals surface area contributed by atoms with Gasteiger partial charge >= 0.3 is 5.97 Å². The standard InChI is InChI=1S/C15H22N2O4/c1-10-8-12(21-13(10)15(19)20)9-16-11(2)14(18)17-6-4-3-5-7-17/h8,11,16H,3-7,9H2,1-2H3,(H,19,20). The van der Waals surface area contributed by atoms with Gasteiger partial charge in [0.05, 0.1) is 12.6 Å². The molecule has 0 aromatic carbocycles. The number of nitrogens with one attached hydrogen (secondary N) is 1. The number of amides is 1. The van der Waals surface area contributed by atoms with Crippen LogP contribution in [0.3, 0.4) is 0 Å². The summed E-state index contributed by atoms with van der Waals surface area (Å²) in [5.74, 6) is -0.488. The van der Waals surface area contributed by atoms with Crippen LogP contribution in [-0.4, -0.2) is 41.0 Å². The smallest absolute Gasteiger partial charge is 0.372 e. The minimum absolute atomic E-state index is 0.0400. The van der Waals surface area contributed by atoms with Crippen LogP contribution in [0.1, 0.15) is 48.1 Å². The number of nitrogens with zero attached hydrogens (tertiary/aromatic N) is 1. The second-order valence-corrected chi connectivity index (χ2v) is 5.52. The van der Waals surface area contributed by atoms with Gasteiger partial charge in [-0.15, -0.1) is 0 Å². The highest BCUT2D eigenvalue weighted by atomic mass is 16.4. The molecule has 1 atom stereocenters. The Labute approximate surface area is 124 Å². The minimum atomic E-state index is -1.07. The third kappa shape index (κ3) is 3.85. The molecule has 1 aromatic heterocycles. The third-order valence-corrected chi connectivity index (χ3v) is 3.78. The van der Waals surface area contributed by atoms with Gasteiger partial charge in [0, 0.05) is 18.7 Å². The molecule has 1 aliphatic rings. The van der Waals surface area contributed by atoms with Gasteiger partial charge in [0.15, 0.2) is 0 Å². The highest BCUT2D eigenvalue weighted by Gasteiger charge is 2.22. The maximum atomic E-state index is 12.2. The molecule has 0 spiro atoms. The summed E-state index contributed by atoms with van der Waals surface area (Å²) in [5.41, 5.74) is 0.592. The Morgan fingerprint density at radius 3 is 2.62 bits per heavy atom. The summed E-state index contributed by atoms with van der Waals surface area (Å²) in [6.07, 6.45) is 3.32. The first-order valence-electron chi connectivity index (χ1n) is 7.34. The number of aromatic carboxylic acids is 1. The number of aryl methyl sites for hydroxylation is 1. The number of carboxylic acid groups (broad SMARTS) is 1. The number of likely N-dealkylation sites (tertiary alicyclic amines) is 1. The van der Waals surface area contributed by atoms with Crippen molar-refractivity contribution >= 4 is 11.9 Å². The fourth-order valence-electron chi connectivity index (χ4n) is 2.58. The maximum Gasteiger partial charge on any atom is 0.372 e. The summed E-state index contributed by atoms with van der Waals surface area (Å²) in [4.78, 5) is 25.0. The van der Waals surface area contributed by atoms with Gasteiger partial charge in [0.1, 0.15) is 5.76 Å².